The van der Waals surface area contributed by atoms with Crippen molar-refractivity contribution in [1.82, 2.24) is 0 Å². The zero-order chi connectivity index (χ0) is 26.9. The van der Waals surface area contributed by atoms with E-state index in [2.05, 4.69) is 6.92 Å². The molecule has 5 aromatic rings. The number of phosphoric acid groups is 1. The molecule has 0 aliphatic carbocycles. The van der Waals surface area contributed by atoms with E-state index in [0.717, 1.165) is 47.1 Å². The van der Waals surface area contributed by atoms with Crippen molar-refractivity contribution in [2.75, 3.05) is 0 Å². The predicted octanol–water partition coefficient (Wildman–Crippen LogP) is 10.0. The zero-order valence-corrected chi connectivity index (χ0v) is 22.8. The lowest BCUT2D eigenvalue weighted by Crippen LogP contribution is -2.08. The van der Waals surface area contributed by atoms with Crippen LogP contribution in [0.4, 0.5) is 0 Å². The first-order valence-corrected chi connectivity index (χ1v) is 14.7. The molecule has 0 amide bonds. The maximum atomic E-state index is 14.2. The highest BCUT2D eigenvalue weighted by Crippen LogP contribution is 2.50. The SMILES string of the molecule is CCCCc1ccccc1OP(=O)(Oc1ccc(-c2ccccc2)cc1)Oc1ccc(-c2ccccc2)cc1. The van der Waals surface area contributed by atoms with E-state index >= 15 is 0 Å². The lowest BCUT2D eigenvalue weighted by atomic mass is 10.1. The van der Waals surface area contributed by atoms with Gasteiger partial charge >= 0.3 is 7.82 Å². The van der Waals surface area contributed by atoms with Crippen LogP contribution in [-0.2, 0) is 11.0 Å². The summed E-state index contributed by atoms with van der Waals surface area (Å²) in [6.45, 7) is 2.14. The number of aryl methyl sites for hydroxylation is 1. The van der Waals surface area contributed by atoms with E-state index in [1.54, 1.807) is 30.3 Å². The topological polar surface area (TPSA) is 44.8 Å². The number of para-hydroxylation sites is 1. The maximum Gasteiger partial charge on any atom is 0.647 e. The summed E-state index contributed by atoms with van der Waals surface area (Å²) in [4.78, 5) is 0. The Balaban J connectivity index is 1.42. The Bertz CT molecular complexity index is 1430. The third kappa shape index (κ3) is 6.98. The van der Waals surface area contributed by atoms with Crippen LogP contribution in [0.3, 0.4) is 0 Å². The van der Waals surface area contributed by atoms with Crippen molar-refractivity contribution >= 4 is 7.82 Å². The summed E-state index contributed by atoms with van der Waals surface area (Å²) < 4.78 is 32.2. The van der Waals surface area contributed by atoms with Gasteiger partial charge in [-0.15, -0.1) is 0 Å². The van der Waals surface area contributed by atoms with Crippen molar-refractivity contribution in [2.24, 2.45) is 0 Å². The van der Waals surface area contributed by atoms with Crippen LogP contribution in [0.25, 0.3) is 22.3 Å². The maximum absolute atomic E-state index is 14.2. The van der Waals surface area contributed by atoms with Crippen LogP contribution in [-0.4, -0.2) is 0 Å². The molecule has 5 rings (SSSR count). The molecule has 4 nitrogen and oxygen atoms in total. The van der Waals surface area contributed by atoms with Gasteiger partial charge in [0.15, 0.2) is 0 Å². The van der Waals surface area contributed by atoms with E-state index in [1.807, 2.05) is 103 Å². The van der Waals surface area contributed by atoms with Gasteiger partial charge in [-0.25, -0.2) is 0 Å². The molecule has 0 heterocycles. The summed E-state index contributed by atoms with van der Waals surface area (Å²) in [6.07, 6.45) is 2.85. The van der Waals surface area contributed by atoms with Crippen molar-refractivity contribution in [3.63, 3.8) is 0 Å². The first-order valence-electron chi connectivity index (χ1n) is 13.2. The highest BCUT2D eigenvalue weighted by atomic mass is 31.2. The fraction of sp³-hybridized carbons (Fsp3) is 0.118. The van der Waals surface area contributed by atoms with E-state index in [-0.39, 0.29) is 0 Å². The summed E-state index contributed by atoms with van der Waals surface area (Å²) in [5, 5.41) is 0. The molecule has 5 aromatic carbocycles. The van der Waals surface area contributed by atoms with Crippen LogP contribution >= 0.6 is 7.82 Å². The van der Waals surface area contributed by atoms with E-state index in [4.69, 9.17) is 13.6 Å². The van der Waals surface area contributed by atoms with Crippen molar-refractivity contribution in [3.8, 4) is 39.5 Å². The van der Waals surface area contributed by atoms with Crippen LogP contribution in [0.5, 0.6) is 17.2 Å². The van der Waals surface area contributed by atoms with E-state index in [9.17, 15) is 4.57 Å². The highest BCUT2D eigenvalue weighted by Gasteiger charge is 2.34. The number of rotatable bonds is 11. The molecule has 39 heavy (non-hydrogen) atoms. The Morgan fingerprint density at radius 3 is 1.44 bits per heavy atom. The second kappa shape index (κ2) is 12.5. The molecule has 0 bridgehead atoms. The van der Waals surface area contributed by atoms with Gasteiger partial charge in [0, 0.05) is 0 Å². The first-order chi connectivity index (χ1) is 19.1. The molecule has 0 unspecified atom stereocenters. The van der Waals surface area contributed by atoms with Crippen molar-refractivity contribution in [1.29, 1.82) is 0 Å². The van der Waals surface area contributed by atoms with E-state index < -0.39 is 7.82 Å². The van der Waals surface area contributed by atoms with Crippen LogP contribution in [0.1, 0.15) is 25.3 Å². The minimum absolute atomic E-state index is 0.393. The molecule has 0 fully saturated rings. The Hall–Kier alpha value is -4.27. The molecular weight excluding hydrogens is 503 g/mol. The highest BCUT2D eigenvalue weighted by molar-refractivity contribution is 7.49. The Kier molecular flexibility index (Phi) is 8.45. The first kappa shape index (κ1) is 26.3. The summed E-state index contributed by atoms with van der Waals surface area (Å²) in [7, 11) is -4.12. The molecule has 0 aliphatic rings. The molecule has 0 aliphatic heterocycles. The van der Waals surface area contributed by atoms with Gasteiger partial charge in [-0.2, -0.15) is 4.57 Å². The molecule has 0 saturated carbocycles. The van der Waals surface area contributed by atoms with Crippen LogP contribution in [0.15, 0.2) is 133 Å². The van der Waals surface area contributed by atoms with Crippen LogP contribution in [0.2, 0.25) is 0 Å². The predicted molar refractivity (Wildman–Crippen MR) is 158 cm³/mol. The fourth-order valence-electron chi connectivity index (χ4n) is 4.28. The number of hydrogen-bond donors (Lipinski definition) is 0. The second-order valence-corrected chi connectivity index (χ2v) is 10.7. The molecule has 0 N–H and O–H groups in total. The minimum Gasteiger partial charge on any atom is -0.386 e. The molecule has 0 saturated heterocycles. The Morgan fingerprint density at radius 2 is 0.949 bits per heavy atom. The van der Waals surface area contributed by atoms with Gasteiger partial charge in [0.1, 0.15) is 17.2 Å². The van der Waals surface area contributed by atoms with Gasteiger partial charge in [0.05, 0.1) is 0 Å². The molecule has 196 valence electrons. The van der Waals surface area contributed by atoms with Crippen LogP contribution in [0, 0.1) is 0 Å². The summed E-state index contributed by atoms with van der Waals surface area (Å²) >= 11 is 0. The lowest BCUT2D eigenvalue weighted by Gasteiger charge is -2.21. The van der Waals surface area contributed by atoms with Gasteiger partial charge in [-0.3, -0.25) is 0 Å². The molecule has 5 heteroatoms. The second-order valence-electron chi connectivity index (χ2n) is 9.21. The quantitative estimate of drug-likeness (QED) is 0.158. The van der Waals surface area contributed by atoms with E-state index in [0.29, 0.717) is 17.2 Å². The monoisotopic (exact) mass is 534 g/mol. The third-order valence-corrected chi connectivity index (χ3v) is 7.63. The smallest absolute Gasteiger partial charge is 0.386 e. The Morgan fingerprint density at radius 1 is 0.513 bits per heavy atom. The normalized spacial score (nSPS) is 11.1. The Labute approximate surface area is 230 Å². The third-order valence-electron chi connectivity index (χ3n) is 6.34. The number of phosphoric ester groups is 1. The summed E-state index contributed by atoms with van der Waals surface area (Å²) in [5.41, 5.74) is 5.19. The van der Waals surface area contributed by atoms with Crippen molar-refractivity contribution in [3.05, 3.63) is 139 Å². The minimum atomic E-state index is -4.12. The van der Waals surface area contributed by atoms with Gasteiger partial charge in [-0.05, 0) is 71.0 Å². The molecule has 0 atom stereocenters. The lowest BCUT2D eigenvalue weighted by molar-refractivity contribution is 0.297. The number of unbranched alkanes of at least 4 members (excludes halogenated alkanes) is 1. The molecule has 0 aromatic heterocycles. The molecule has 0 spiro atoms. The van der Waals surface area contributed by atoms with Crippen molar-refractivity contribution in [2.45, 2.75) is 26.2 Å². The van der Waals surface area contributed by atoms with Gasteiger partial charge in [0.25, 0.3) is 0 Å². The molecular formula is C34H31O4P. The zero-order valence-electron chi connectivity index (χ0n) is 21.9. The number of benzene rings is 5. The average molecular weight is 535 g/mol. The fourth-order valence-corrected chi connectivity index (χ4v) is 5.57. The van der Waals surface area contributed by atoms with Gasteiger partial charge in [0.2, 0.25) is 0 Å². The molecule has 0 radical (unpaired) electrons. The van der Waals surface area contributed by atoms with Gasteiger partial charge < -0.3 is 13.6 Å². The average Bonchev–Trinajstić information content (AvgIpc) is 2.98. The summed E-state index contributed by atoms with van der Waals surface area (Å²) in [6, 6.07) is 42.6. The van der Waals surface area contributed by atoms with Crippen LogP contribution < -0.4 is 13.6 Å². The number of hydrogen-bond acceptors (Lipinski definition) is 4. The standard InChI is InChI=1S/C34H31O4P/c1-2-3-12-31-17-10-11-18-34(31)38-39(35,36-32-23-19-29(20-24-32)27-13-6-4-7-14-27)37-33-25-21-30(22-26-33)28-15-8-5-9-16-28/h4-11,13-26H,2-3,12H2,1H3. The van der Waals surface area contributed by atoms with Crippen molar-refractivity contribution < 1.29 is 18.1 Å². The van der Waals surface area contributed by atoms with Gasteiger partial charge in [-0.1, -0.05) is 116 Å². The summed E-state index contributed by atoms with van der Waals surface area (Å²) in [5.74, 6) is 1.28. The van der Waals surface area contributed by atoms with E-state index in [1.165, 1.54) is 0 Å². The largest absolute Gasteiger partial charge is 0.647 e.